The number of aldehydes is 1. The van der Waals surface area contributed by atoms with Gasteiger partial charge in [0.05, 0.1) is 12.3 Å². The molecule has 0 aliphatic heterocycles. The van der Waals surface area contributed by atoms with Crippen molar-refractivity contribution < 1.29 is 9.53 Å². The Kier molecular flexibility index (Phi) is 2.00. The molecule has 3 heteroatoms. The highest BCUT2D eigenvalue weighted by Gasteiger charge is 2.23. The minimum absolute atomic E-state index is 0.351. The average molecular weight is 177 g/mol. The van der Waals surface area contributed by atoms with E-state index in [1.54, 1.807) is 12.3 Å². The van der Waals surface area contributed by atoms with Crippen LogP contribution in [-0.2, 0) is 0 Å². The molecule has 0 aromatic carbocycles. The van der Waals surface area contributed by atoms with Crippen molar-refractivity contribution in [2.75, 3.05) is 0 Å². The van der Waals surface area contributed by atoms with E-state index in [9.17, 15) is 4.79 Å². The summed E-state index contributed by atoms with van der Waals surface area (Å²) >= 11 is 0. The molecule has 0 radical (unpaired) electrons. The average Bonchev–Trinajstić information content (AvgIpc) is 2.92. The number of nitrogens with zero attached hydrogens (tertiary/aromatic N) is 1. The molecule has 3 nitrogen and oxygen atoms in total. The molecule has 0 atom stereocenters. The molecule has 1 aliphatic carbocycles. The fourth-order valence-electron chi connectivity index (χ4n) is 1.09. The largest absolute Gasteiger partial charge is 0.489 e. The minimum Gasteiger partial charge on any atom is -0.489 e. The van der Waals surface area contributed by atoms with Gasteiger partial charge in [-0.15, -0.1) is 0 Å². The van der Waals surface area contributed by atoms with E-state index in [4.69, 9.17) is 4.74 Å². The molecule has 1 aromatic rings. The van der Waals surface area contributed by atoms with Gasteiger partial charge in [0.25, 0.3) is 0 Å². The number of pyridine rings is 1. The molecule has 0 unspecified atom stereocenters. The first-order valence-corrected chi connectivity index (χ1v) is 4.38. The van der Waals surface area contributed by atoms with Crippen molar-refractivity contribution in [1.29, 1.82) is 0 Å². The molecule has 1 aromatic heterocycles. The summed E-state index contributed by atoms with van der Waals surface area (Å²) in [5.41, 5.74) is 1.36. The molecule has 0 saturated heterocycles. The van der Waals surface area contributed by atoms with Crippen LogP contribution in [0.5, 0.6) is 5.75 Å². The highest BCUT2D eigenvalue weighted by atomic mass is 16.5. The van der Waals surface area contributed by atoms with Crippen LogP contribution in [0, 0.1) is 6.92 Å². The highest BCUT2D eigenvalue weighted by molar-refractivity contribution is 5.76. The first kappa shape index (κ1) is 8.23. The van der Waals surface area contributed by atoms with Crippen molar-refractivity contribution in [2.24, 2.45) is 0 Å². The van der Waals surface area contributed by atoms with Crippen LogP contribution in [0.4, 0.5) is 0 Å². The van der Waals surface area contributed by atoms with Gasteiger partial charge in [-0.2, -0.15) is 0 Å². The van der Waals surface area contributed by atoms with E-state index in [1.165, 1.54) is 0 Å². The summed E-state index contributed by atoms with van der Waals surface area (Å²) in [7, 11) is 0. The highest BCUT2D eigenvalue weighted by Crippen LogP contribution is 2.26. The zero-order valence-corrected chi connectivity index (χ0v) is 7.49. The van der Waals surface area contributed by atoms with Gasteiger partial charge < -0.3 is 4.74 Å². The van der Waals surface area contributed by atoms with Gasteiger partial charge in [-0.25, -0.2) is 0 Å². The molecule has 0 bridgehead atoms. The van der Waals surface area contributed by atoms with Crippen LogP contribution < -0.4 is 4.74 Å². The number of carbonyl (C=O) groups excluding carboxylic acids is 1. The van der Waals surface area contributed by atoms with Crippen molar-refractivity contribution in [3.63, 3.8) is 0 Å². The van der Waals surface area contributed by atoms with E-state index in [2.05, 4.69) is 4.98 Å². The smallest absolute Gasteiger partial charge is 0.152 e. The van der Waals surface area contributed by atoms with Crippen LogP contribution in [0.1, 0.15) is 28.9 Å². The van der Waals surface area contributed by atoms with E-state index in [1.807, 2.05) is 6.92 Å². The zero-order chi connectivity index (χ0) is 9.26. The zero-order valence-electron chi connectivity index (χ0n) is 7.49. The molecule has 0 N–H and O–H groups in total. The number of carbonyl (C=O) groups is 1. The fourth-order valence-corrected chi connectivity index (χ4v) is 1.09. The number of hydrogen-bond donors (Lipinski definition) is 0. The first-order chi connectivity index (χ1) is 6.29. The quantitative estimate of drug-likeness (QED) is 0.660. The third kappa shape index (κ3) is 1.86. The predicted octanol–water partition coefficient (Wildman–Crippen LogP) is 1.74. The van der Waals surface area contributed by atoms with Gasteiger partial charge in [0.1, 0.15) is 5.75 Å². The number of rotatable bonds is 3. The van der Waals surface area contributed by atoms with Crippen LogP contribution in [0.15, 0.2) is 12.3 Å². The number of hydrogen-bond acceptors (Lipinski definition) is 3. The monoisotopic (exact) mass is 177 g/mol. The maximum Gasteiger partial charge on any atom is 0.152 e. The lowest BCUT2D eigenvalue weighted by atomic mass is 10.2. The lowest BCUT2D eigenvalue weighted by molar-refractivity contribution is 0.112. The topological polar surface area (TPSA) is 39.2 Å². The van der Waals surface area contributed by atoms with Gasteiger partial charge in [-0.3, -0.25) is 9.78 Å². The molecule has 1 heterocycles. The Morgan fingerprint density at radius 3 is 3.00 bits per heavy atom. The van der Waals surface area contributed by atoms with Crippen LogP contribution in [0.25, 0.3) is 0 Å². The van der Waals surface area contributed by atoms with Crippen molar-refractivity contribution in [3.05, 3.63) is 23.5 Å². The van der Waals surface area contributed by atoms with Crippen LogP contribution in [-0.4, -0.2) is 17.4 Å². The van der Waals surface area contributed by atoms with Gasteiger partial charge in [0.15, 0.2) is 6.29 Å². The lowest BCUT2D eigenvalue weighted by Crippen LogP contribution is -1.99. The van der Waals surface area contributed by atoms with E-state index < -0.39 is 0 Å². The summed E-state index contributed by atoms with van der Waals surface area (Å²) < 4.78 is 5.50. The van der Waals surface area contributed by atoms with Gasteiger partial charge in [-0.05, 0) is 25.8 Å². The van der Waals surface area contributed by atoms with Crippen LogP contribution in [0.2, 0.25) is 0 Å². The van der Waals surface area contributed by atoms with Crippen molar-refractivity contribution in [2.45, 2.75) is 25.9 Å². The minimum atomic E-state index is 0.351. The molecule has 68 valence electrons. The van der Waals surface area contributed by atoms with Crippen molar-refractivity contribution in [1.82, 2.24) is 4.98 Å². The second-order valence-electron chi connectivity index (χ2n) is 3.28. The molecule has 1 aliphatic rings. The number of ether oxygens (including phenoxy) is 1. The standard InChI is InChI=1S/C10H11NO2/c1-7-8(6-12)4-10(5-11-7)13-9-2-3-9/h4-6,9H,2-3H2,1H3. The van der Waals surface area contributed by atoms with Crippen LogP contribution >= 0.6 is 0 Å². The molecule has 1 fully saturated rings. The molecule has 0 amide bonds. The Morgan fingerprint density at radius 1 is 1.62 bits per heavy atom. The van der Waals surface area contributed by atoms with Crippen molar-refractivity contribution in [3.8, 4) is 5.75 Å². The summed E-state index contributed by atoms with van der Waals surface area (Å²) in [4.78, 5) is 14.7. The molecule has 1 saturated carbocycles. The van der Waals surface area contributed by atoms with Gasteiger partial charge in [-0.1, -0.05) is 0 Å². The molecule has 2 rings (SSSR count). The summed E-state index contributed by atoms with van der Waals surface area (Å²) in [5.74, 6) is 0.704. The maximum absolute atomic E-state index is 10.6. The van der Waals surface area contributed by atoms with E-state index >= 15 is 0 Å². The second-order valence-corrected chi connectivity index (χ2v) is 3.28. The van der Waals surface area contributed by atoms with E-state index in [0.29, 0.717) is 17.4 Å². The predicted molar refractivity (Wildman–Crippen MR) is 48.0 cm³/mol. The van der Waals surface area contributed by atoms with E-state index in [0.717, 1.165) is 24.8 Å². The van der Waals surface area contributed by atoms with Gasteiger partial charge in [0.2, 0.25) is 0 Å². The molecular weight excluding hydrogens is 166 g/mol. The normalized spacial score (nSPS) is 15.5. The van der Waals surface area contributed by atoms with E-state index in [-0.39, 0.29) is 0 Å². The van der Waals surface area contributed by atoms with Crippen LogP contribution in [0.3, 0.4) is 0 Å². The fraction of sp³-hybridized carbons (Fsp3) is 0.400. The second kappa shape index (κ2) is 3.17. The Morgan fingerprint density at radius 2 is 2.38 bits per heavy atom. The first-order valence-electron chi connectivity index (χ1n) is 4.38. The molecular formula is C10H11NO2. The maximum atomic E-state index is 10.6. The number of aryl methyl sites for hydroxylation is 1. The van der Waals surface area contributed by atoms with Gasteiger partial charge >= 0.3 is 0 Å². The summed E-state index contributed by atoms with van der Waals surface area (Å²) in [6.07, 6.45) is 5.06. The summed E-state index contributed by atoms with van der Waals surface area (Å²) in [6, 6.07) is 1.74. The third-order valence-corrected chi connectivity index (χ3v) is 2.06. The Labute approximate surface area is 76.7 Å². The lowest BCUT2D eigenvalue weighted by Gasteiger charge is -2.04. The number of aromatic nitrogens is 1. The SMILES string of the molecule is Cc1ncc(OC2CC2)cc1C=O. The Bertz CT molecular complexity index is 332. The third-order valence-electron chi connectivity index (χ3n) is 2.06. The summed E-state index contributed by atoms with van der Waals surface area (Å²) in [6.45, 7) is 1.81. The molecule has 13 heavy (non-hydrogen) atoms. The van der Waals surface area contributed by atoms with Gasteiger partial charge in [0, 0.05) is 11.3 Å². The van der Waals surface area contributed by atoms with Crippen molar-refractivity contribution >= 4 is 6.29 Å². The summed E-state index contributed by atoms with van der Waals surface area (Å²) in [5, 5.41) is 0. The molecule has 0 spiro atoms. The Balaban J connectivity index is 2.20. The Hall–Kier alpha value is -1.38.